The minimum absolute atomic E-state index is 0.104. The zero-order valence-corrected chi connectivity index (χ0v) is 15.6. The van der Waals surface area contributed by atoms with Crippen LogP contribution in [-0.4, -0.2) is 48.1 Å². The molecule has 134 valence electrons. The Morgan fingerprint density at radius 1 is 1.25 bits per heavy atom. The molecule has 0 radical (unpaired) electrons. The quantitative estimate of drug-likeness (QED) is 0.715. The van der Waals surface area contributed by atoms with Crippen molar-refractivity contribution in [3.8, 4) is 0 Å². The van der Waals surface area contributed by atoms with Gasteiger partial charge in [0.1, 0.15) is 4.32 Å². The maximum atomic E-state index is 12.4. The van der Waals surface area contributed by atoms with E-state index in [4.69, 9.17) is 12.2 Å². The topological polar surface area (TPSA) is 66.5 Å². The second-order valence-electron chi connectivity index (χ2n) is 4.61. The van der Waals surface area contributed by atoms with E-state index in [1.165, 1.54) is 23.9 Å². The Bertz CT molecular complexity index is 675. The van der Waals surface area contributed by atoms with Crippen molar-refractivity contribution in [2.45, 2.75) is 24.5 Å². The van der Waals surface area contributed by atoms with Crippen molar-refractivity contribution < 1.29 is 22.0 Å². The summed E-state index contributed by atoms with van der Waals surface area (Å²) in [6, 6.07) is 4.59. The number of thiocarbonyl (C=S) groups is 1. The Balaban J connectivity index is 2.61. The first kappa shape index (κ1) is 20.8. The molecule has 0 heterocycles. The van der Waals surface area contributed by atoms with Gasteiger partial charge in [0, 0.05) is 18.8 Å². The summed E-state index contributed by atoms with van der Waals surface area (Å²) in [6.07, 6.45) is 0. The molecule has 0 bridgehead atoms. The summed E-state index contributed by atoms with van der Waals surface area (Å²) >= 11 is 6.43. The maximum absolute atomic E-state index is 12.4. The first-order chi connectivity index (χ1) is 11.2. The Morgan fingerprint density at radius 3 is 2.25 bits per heavy atom. The van der Waals surface area contributed by atoms with Crippen LogP contribution in [-0.2, 0) is 14.6 Å². The highest BCUT2D eigenvalue weighted by Gasteiger charge is 2.26. The largest absolute Gasteiger partial charge is 0.358 e. The minimum atomic E-state index is -4.63. The average Bonchev–Trinajstić information content (AvgIpc) is 2.54. The fraction of sp³-hybridized carbons (Fsp3) is 0.429. The number of carbonyl (C=O) groups is 1. The van der Waals surface area contributed by atoms with Gasteiger partial charge in [-0.15, -0.1) is 0 Å². The van der Waals surface area contributed by atoms with Crippen molar-refractivity contribution in [2.24, 2.45) is 0 Å². The number of anilines is 1. The number of nitrogens with zero attached hydrogens (tertiary/aromatic N) is 1. The first-order valence-corrected chi connectivity index (χ1v) is 10.00. The van der Waals surface area contributed by atoms with E-state index in [0.29, 0.717) is 10.0 Å². The van der Waals surface area contributed by atoms with Crippen LogP contribution in [0.3, 0.4) is 0 Å². The van der Waals surface area contributed by atoms with Gasteiger partial charge in [0.2, 0.25) is 15.7 Å². The molecule has 0 aliphatic heterocycles. The highest BCUT2D eigenvalue weighted by Crippen LogP contribution is 2.20. The van der Waals surface area contributed by atoms with Crippen LogP contribution < -0.4 is 5.32 Å². The van der Waals surface area contributed by atoms with Crippen molar-refractivity contribution in [1.82, 2.24) is 4.90 Å². The smallest absolute Gasteiger partial charge is 0.341 e. The van der Waals surface area contributed by atoms with E-state index >= 15 is 0 Å². The highest BCUT2D eigenvalue weighted by molar-refractivity contribution is 8.23. The van der Waals surface area contributed by atoms with Crippen LogP contribution >= 0.6 is 24.0 Å². The van der Waals surface area contributed by atoms with E-state index in [1.54, 1.807) is 0 Å². The van der Waals surface area contributed by atoms with Gasteiger partial charge in [-0.1, -0.05) is 24.0 Å². The van der Waals surface area contributed by atoms with Crippen molar-refractivity contribution in [3.05, 3.63) is 24.3 Å². The molecule has 1 aromatic carbocycles. The molecule has 1 aromatic rings. The zero-order chi connectivity index (χ0) is 18.3. The average molecular weight is 397 g/mol. The van der Waals surface area contributed by atoms with Crippen LogP contribution in [0.15, 0.2) is 29.2 Å². The maximum Gasteiger partial charge on any atom is 0.341 e. The van der Waals surface area contributed by atoms with E-state index in [9.17, 15) is 22.0 Å². The summed E-state index contributed by atoms with van der Waals surface area (Å²) in [5.41, 5.74) is 0.322. The normalized spacial score (nSPS) is 11.4. The Morgan fingerprint density at radius 2 is 1.79 bits per heavy atom. The van der Waals surface area contributed by atoms with E-state index < -0.39 is 20.5 Å². The van der Waals surface area contributed by atoms with Crippen molar-refractivity contribution in [2.75, 3.05) is 24.2 Å². The number of amides is 1. The molecule has 0 unspecified atom stereocenters. The Kier molecular flexibility index (Phi) is 8.04. The monoisotopic (exact) mass is 396 g/mol. The van der Waals surface area contributed by atoms with Crippen LogP contribution in [0.4, 0.5) is 14.5 Å². The molecule has 1 rings (SSSR count). The summed E-state index contributed by atoms with van der Waals surface area (Å²) in [6.45, 7) is 5.44. The van der Waals surface area contributed by atoms with Gasteiger partial charge in [-0.05, 0) is 38.1 Å². The number of nitrogens with one attached hydrogen (secondary N) is 1. The van der Waals surface area contributed by atoms with Gasteiger partial charge in [-0.2, -0.15) is 8.78 Å². The highest BCUT2D eigenvalue weighted by atomic mass is 32.2. The molecule has 1 N–H and O–H groups in total. The van der Waals surface area contributed by atoms with Crippen LogP contribution in [0.2, 0.25) is 0 Å². The number of sulfone groups is 1. The first-order valence-electron chi connectivity index (χ1n) is 7.06. The SMILES string of the molecule is CCN(CC)C(=S)SCC(=O)Nc1ccc(S(=O)(=O)C(F)F)cc1. The predicted octanol–water partition coefficient (Wildman–Crippen LogP) is 2.98. The van der Waals surface area contributed by atoms with Gasteiger partial charge in [0.15, 0.2) is 0 Å². The minimum Gasteiger partial charge on any atom is -0.358 e. The van der Waals surface area contributed by atoms with E-state index in [-0.39, 0.29) is 11.7 Å². The summed E-state index contributed by atoms with van der Waals surface area (Å²) < 4.78 is 48.1. The second-order valence-corrected chi connectivity index (χ2v) is 8.13. The number of hydrogen-bond acceptors (Lipinski definition) is 5. The molecule has 0 aliphatic carbocycles. The van der Waals surface area contributed by atoms with Gasteiger partial charge < -0.3 is 10.2 Å². The summed E-state index contributed by atoms with van der Waals surface area (Å²) in [7, 11) is -4.63. The molecule has 0 atom stereocenters. The lowest BCUT2D eigenvalue weighted by molar-refractivity contribution is -0.113. The van der Waals surface area contributed by atoms with Gasteiger partial charge in [-0.3, -0.25) is 4.79 Å². The molecule has 0 aliphatic rings. The second kappa shape index (κ2) is 9.28. The van der Waals surface area contributed by atoms with Crippen molar-refractivity contribution in [1.29, 1.82) is 0 Å². The molecule has 0 fully saturated rings. The van der Waals surface area contributed by atoms with Crippen LogP contribution in [0.25, 0.3) is 0 Å². The number of rotatable bonds is 7. The van der Waals surface area contributed by atoms with Crippen LogP contribution in [0, 0.1) is 0 Å². The third kappa shape index (κ3) is 5.67. The lowest BCUT2D eigenvalue weighted by Gasteiger charge is -2.20. The number of alkyl halides is 2. The molecule has 0 saturated heterocycles. The molecule has 5 nitrogen and oxygen atoms in total. The van der Waals surface area contributed by atoms with Crippen molar-refractivity contribution in [3.63, 3.8) is 0 Å². The molecule has 0 saturated carbocycles. The van der Waals surface area contributed by atoms with Gasteiger partial charge in [0.05, 0.1) is 10.6 Å². The van der Waals surface area contributed by atoms with Crippen molar-refractivity contribution >= 4 is 49.7 Å². The zero-order valence-electron chi connectivity index (χ0n) is 13.2. The van der Waals surface area contributed by atoms with Crippen LogP contribution in [0.5, 0.6) is 0 Å². The van der Waals surface area contributed by atoms with E-state index in [1.807, 2.05) is 18.7 Å². The predicted molar refractivity (Wildman–Crippen MR) is 96.2 cm³/mol. The number of thioether (sulfide) groups is 1. The molecule has 24 heavy (non-hydrogen) atoms. The summed E-state index contributed by atoms with van der Waals surface area (Å²) in [5.74, 6) is -3.69. The van der Waals surface area contributed by atoms with E-state index in [2.05, 4.69) is 5.32 Å². The van der Waals surface area contributed by atoms with E-state index in [0.717, 1.165) is 25.2 Å². The number of carbonyl (C=O) groups excluding carboxylic acids is 1. The number of hydrogen-bond donors (Lipinski definition) is 1. The summed E-state index contributed by atoms with van der Waals surface area (Å²) in [5, 5.41) is 2.56. The Hall–Kier alpha value is -1.26. The third-order valence-corrected chi connectivity index (χ3v) is 5.97. The third-order valence-electron chi connectivity index (χ3n) is 3.05. The van der Waals surface area contributed by atoms with Gasteiger partial charge in [0.25, 0.3) is 0 Å². The van der Waals surface area contributed by atoms with Crippen LogP contribution in [0.1, 0.15) is 13.8 Å². The lowest BCUT2D eigenvalue weighted by atomic mass is 10.3. The molecule has 10 heteroatoms. The standard InChI is InChI=1S/C14H18F2N2O3S3/c1-3-18(4-2)14(22)23-9-12(19)17-10-5-7-11(8-6-10)24(20,21)13(15)16/h5-8,13H,3-4,9H2,1-2H3,(H,17,19). The Labute approximate surface area is 149 Å². The van der Waals surface area contributed by atoms with Gasteiger partial charge in [-0.25, -0.2) is 8.42 Å². The van der Waals surface area contributed by atoms with Gasteiger partial charge >= 0.3 is 5.76 Å². The number of benzene rings is 1. The molecule has 1 amide bonds. The molecular formula is C14H18F2N2O3S3. The summed E-state index contributed by atoms with van der Waals surface area (Å²) in [4.78, 5) is 13.3. The molecule has 0 spiro atoms. The molecular weight excluding hydrogens is 378 g/mol. The fourth-order valence-corrected chi connectivity index (χ4v) is 3.65. The number of halogens is 2. The lowest BCUT2D eigenvalue weighted by Crippen LogP contribution is -2.28. The molecule has 0 aromatic heterocycles. The fourth-order valence-electron chi connectivity index (χ4n) is 1.73.